The lowest BCUT2D eigenvalue weighted by molar-refractivity contribution is -0.385. The number of nitrogens with two attached hydrogens (primary N) is 1. The van der Waals surface area contributed by atoms with Gasteiger partial charge in [0, 0.05) is 13.6 Å². The molecule has 8 nitrogen and oxygen atoms in total. The number of anilines is 2. The molecule has 1 heterocycles. The van der Waals surface area contributed by atoms with Crippen molar-refractivity contribution >= 4 is 17.5 Å². The van der Waals surface area contributed by atoms with Gasteiger partial charge in [-0.1, -0.05) is 13.8 Å². The van der Waals surface area contributed by atoms with E-state index in [4.69, 9.17) is 5.84 Å². The van der Waals surface area contributed by atoms with Gasteiger partial charge in [0.2, 0.25) is 11.8 Å². The molecule has 0 unspecified atom stereocenters. The lowest BCUT2D eigenvalue weighted by Crippen LogP contribution is -2.24. The fraction of sp³-hybridized carbons (Fsp3) is 0.636. The summed E-state index contributed by atoms with van der Waals surface area (Å²) < 4.78 is 0. The second-order valence-corrected chi connectivity index (χ2v) is 4.81. The lowest BCUT2D eigenvalue weighted by atomic mass is 10.1. The van der Waals surface area contributed by atoms with Crippen molar-refractivity contribution in [2.75, 3.05) is 23.9 Å². The number of nitrogens with zero attached hydrogens (tertiary/aromatic N) is 4. The second-order valence-electron chi connectivity index (χ2n) is 4.81. The molecular formula is C11H20N6O2. The van der Waals surface area contributed by atoms with Crippen LogP contribution in [0.4, 0.5) is 17.5 Å². The molecule has 0 aliphatic carbocycles. The van der Waals surface area contributed by atoms with Crippen LogP contribution >= 0.6 is 0 Å². The van der Waals surface area contributed by atoms with Gasteiger partial charge < -0.3 is 4.90 Å². The quantitative estimate of drug-likeness (QED) is 0.456. The highest BCUT2D eigenvalue weighted by molar-refractivity contribution is 5.61. The fourth-order valence-corrected chi connectivity index (χ4v) is 1.65. The molecule has 0 aromatic carbocycles. The monoisotopic (exact) mass is 268 g/mol. The molecule has 1 rings (SSSR count). The lowest BCUT2D eigenvalue weighted by Gasteiger charge is -2.20. The van der Waals surface area contributed by atoms with Gasteiger partial charge >= 0.3 is 5.69 Å². The molecule has 19 heavy (non-hydrogen) atoms. The van der Waals surface area contributed by atoms with E-state index < -0.39 is 4.92 Å². The maximum Gasteiger partial charge on any atom is 0.332 e. The van der Waals surface area contributed by atoms with Gasteiger partial charge in [0.15, 0.2) is 0 Å². The summed E-state index contributed by atoms with van der Waals surface area (Å²) in [6.45, 7) is 6.44. The Morgan fingerprint density at radius 1 is 1.47 bits per heavy atom. The molecule has 1 aromatic rings. The van der Waals surface area contributed by atoms with Crippen LogP contribution in [0.15, 0.2) is 0 Å². The topological polar surface area (TPSA) is 110 Å². The first kappa shape index (κ1) is 15.1. The van der Waals surface area contributed by atoms with Crippen molar-refractivity contribution in [3.05, 3.63) is 15.8 Å². The molecule has 0 saturated carbocycles. The Labute approximate surface area is 112 Å². The van der Waals surface area contributed by atoms with Crippen molar-refractivity contribution < 1.29 is 4.92 Å². The maximum absolute atomic E-state index is 11.1. The summed E-state index contributed by atoms with van der Waals surface area (Å²) in [5, 5.41) is 11.1. The Hall–Kier alpha value is -1.96. The van der Waals surface area contributed by atoms with Crippen LogP contribution in [0, 0.1) is 23.0 Å². The van der Waals surface area contributed by atoms with Crippen molar-refractivity contribution in [1.82, 2.24) is 9.97 Å². The third kappa shape index (κ3) is 3.75. The third-order valence-corrected chi connectivity index (χ3v) is 2.76. The van der Waals surface area contributed by atoms with E-state index in [1.54, 1.807) is 18.9 Å². The molecule has 0 aliphatic rings. The maximum atomic E-state index is 11.1. The molecule has 0 amide bonds. The Kier molecular flexibility index (Phi) is 4.99. The largest absolute Gasteiger partial charge is 0.354 e. The van der Waals surface area contributed by atoms with E-state index in [1.165, 1.54) is 0 Å². The van der Waals surface area contributed by atoms with Gasteiger partial charge in [-0.2, -0.15) is 4.98 Å². The van der Waals surface area contributed by atoms with Gasteiger partial charge in [-0.25, -0.2) is 10.8 Å². The van der Waals surface area contributed by atoms with E-state index in [0.717, 1.165) is 6.42 Å². The van der Waals surface area contributed by atoms with Crippen molar-refractivity contribution in [3.63, 3.8) is 0 Å². The van der Waals surface area contributed by atoms with Crippen LogP contribution in [0.5, 0.6) is 0 Å². The number of hydrazine groups is 1. The first-order valence-corrected chi connectivity index (χ1v) is 6.07. The Morgan fingerprint density at radius 2 is 2.11 bits per heavy atom. The van der Waals surface area contributed by atoms with Crippen molar-refractivity contribution in [2.24, 2.45) is 11.8 Å². The van der Waals surface area contributed by atoms with Gasteiger partial charge in [-0.3, -0.25) is 15.5 Å². The molecule has 8 heteroatoms. The predicted molar refractivity (Wildman–Crippen MR) is 74.0 cm³/mol. The van der Waals surface area contributed by atoms with Crippen molar-refractivity contribution in [3.8, 4) is 0 Å². The fourth-order valence-electron chi connectivity index (χ4n) is 1.65. The Bertz CT molecular complexity index is 463. The molecule has 0 spiro atoms. The molecule has 0 bridgehead atoms. The molecule has 0 fully saturated rings. The summed E-state index contributed by atoms with van der Waals surface area (Å²) in [6, 6.07) is 0. The summed E-state index contributed by atoms with van der Waals surface area (Å²) in [4.78, 5) is 20.5. The average Bonchev–Trinajstić information content (AvgIpc) is 2.34. The van der Waals surface area contributed by atoms with Crippen molar-refractivity contribution in [1.29, 1.82) is 0 Å². The average molecular weight is 268 g/mol. The molecule has 0 aliphatic heterocycles. The first-order chi connectivity index (χ1) is 8.86. The summed E-state index contributed by atoms with van der Waals surface area (Å²) in [7, 11) is 1.78. The van der Waals surface area contributed by atoms with Crippen LogP contribution in [0.2, 0.25) is 0 Å². The zero-order chi connectivity index (χ0) is 14.6. The second kappa shape index (κ2) is 6.28. The number of aryl methyl sites for hydroxylation is 1. The van der Waals surface area contributed by atoms with Gasteiger partial charge in [-0.05, 0) is 19.3 Å². The van der Waals surface area contributed by atoms with E-state index >= 15 is 0 Å². The van der Waals surface area contributed by atoms with E-state index in [-0.39, 0.29) is 17.5 Å². The zero-order valence-electron chi connectivity index (χ0n) is 11.7. The number of nitrogens with one attached hydrogen (secondary N) is 1. The first-order valence-electron chi connectivity index (χ1n) is 6.07. The number of nitro groups is 1. The number of aromatic nitrogens is 2. The van der Waals surface area contributed by atoms with Crippen molar-refractivity contribution in [2.45, 2.75) is 27.2 Å². The Morgan fingerprint density at radius 3 is 2.58 bits per heavy atom. The minimum Gasteiger partial charge on any atom is -0.354 e. The molecule has 0 saturated heterocycles. The van der Waals surface area contributed by atoms with E-state index in [2.05, 4.69) is 29.2 Å². The molecule has 3 N–H and O–H groups in total. The summed E-state index contributed by atoms with van der Waals surface area (Å²) in [5.74, 6) is 6.24. The van der Waals surface area contributed by atoms with Crippen LogP contribution < -0.4 is 16.2 Å². The minimum absolute atomic E-state index is 0.0785. The molecular weight excluding hydrogens is 248 g/mol. The van der Waals surface area contributed by atoms with Crippen LogP contribution in [0.25, 0.3) is 0 Å². The van der Waals surface area contributed by atoms with Gasteiger partial charge in [0.25, 0.3) is 0 Å². The van der Waals surface area contributed by atoms with Gasteiger partial charge in [-0.15, -0.1) is 0 Å². The summed E-state index contributed by atoms with van der Waals surface area (Å²) >= 11 is 0. The standard InChI is InChI=1S/C11H20N6O2/c1-7(2)5-6-16(4)10-9(17(18)19)8(3)13-11(14-10)15-12/h7H,5-6,12H2,1-4H3,(H,13,14,15). The number of hydrogen-bond acceptors (Lipinski definition) is 7. The normalized spacial score (nSPS) is 10.6. The zero-order valence-corrected chi connectivity index (χ0v) is 11.7. The molecule has 1 aromatic heterocycles. The number of nitrogen functional groups attached to an aromatic ring is 1. The van der Waals surface area contributed by atoms with E-state index in [1.807, 2.05) is 0 Å². The predicted octanol–water partition coefficient (Wildman–Crippen LogP) is 1.46. The van der Waals surface area contributed by atoms with E-state index in [9.17, 15) is 10.1 Å². The van der Waals surface area contributed by atoms with Crippen LogP contribution in [-0.2, 0) is 0 Å². The smallest absolute Gasteiger partial charge is 0.332 e. The van der Waals surface area contributed by atoms with E-state index in [0.29, 0.717) is 18.2 Å². The molecule has 0 atom stereocenters. The van der Waals surface area contributed by atoms with Crippen LogP contribution in [-0.4, -0.2) is 28.5 Å². The summed E-state index contributed by atoms with van der Waals surface area (Å²) in [6.07, 6.45) is 0.919. The highest BCUT2D eigenvalue weighted by atomic mass is 16.6. The molecule has 106 valence electrons. The number of hydrogen-bond donors (Lipinski definition) is 2. The highest BCUT2D eigenvalue weighted by Gasteiger charge is 2.24. The Balaban J connectivity index is 3.15. The van der Waals surface area contributed by atoms with Crippen LogP contribution in [0.1, 0.15) is 26.0 Å². The summed E-state index contributed by atoms with van der Waals surface area (Å²) in [5.41, 5.74) is 2.54. The molecule has 0 radical (unpaired) electrons. The van der Waals surface area contributed by atoms with Gasteiger partial charge in [0.1, 0.15) is 5.69 Å². The SMILES string of the molecule is Cc1nc(NN)nc(N(C)CCC(C)C)c1[N+](=O)[O-]. The highest BCUT2D eigenvalue weighted by Crippen LogP contribution is 2.29. The number of rotatable bonds is 6. The third-order valence-electron chi connectivity index (χ3n) is 2.76. The minimum atomic E-state index is -0.461. The van der Waals surface area contributed by atoms with Gasteiger partial charge in [0.05, 0.1) is 4.92 Å². The van der Waals surface area contributed by atoms with Crippen LogP contribution in [0.3, 0.4) is 0 Å².